The third-order valence-corrected chi connectivity index (χ3v) is 3.04. The van der Waals surface area contributed by atoms with Gasteiger partial charge in [0.1, 0.15) is 0 Å². The van der Waals surface area contributed by atoms with Gasteiger partial charge in [-0.05, 0) is 37.8 Å². The zero-order valence-electron chi connectivity index (χ0n) is 10.6. The fraction of sp³-hybridized carbons (Fsp3) is 0.308. The van der Waals surface area contributed by atoms with Crippen LogP contribution in [0.5, 0.6) is 0 Å². The number of hydrogen-bond donors (Lipinski definition) is 2. The van der Waals surface area contributed by atoms with Crippen molar-refractivity contribution in [1.82, 2.24) is 10.1 Å². The summed E-state index contributed by atoms with van der Waals surface area (Å²) in [4.78, 5) is 16.1. The predicted octanol–water partition coefficient (Wildman–Crippen LogP) is 2.51. The van der Waals surface area contributed by atoms with Crippen molar-refractivity contribution in [2.45, 2.75) is 26.2 Å². The smallest absolute Gasteiger partial charge is 0.326 e. The van der Waals surface area contributed by atoms with E-state index in [9.17, 15) is 4.79 Å². The zero-order chi connectivity index (χ0) is 13.2. The van der Waals surface area contributed by atoms with Gasteiger partial charge >= 0.3 is 6.03 Å². The first-order chi connectivity index (χ1) is 9.20. The number of hydrogen-bond acceptors (Lipinski definition) is 4. The molecule has 2 aromatic heterocycles. The van der Waals surface area contributed by atoms with Crippen molar-refractivity contribution in [3.05, 3.63) is 35.3 Å². The Balaban J connectivity index is 1.66. The molecule has 0 saturated carbocycles. The van der Waals surface area contributed by atoms with Crippen molar-refractivity contribution in [2.24, 2.45) is 0 Å². The van der Waals surface area contributed by atoms with E-state index in [1.807, 2.05) is 6.07 Å². The average Bonchev–Trinajstić information content (AvgIpc) is 2.97. The van der Waals surface area contributed by atoms with Crippen LogP contribution in [-0.4, -0.2) is 16.2 Å². The summed E-state index contributed by atoms with van der Waals surface area (Å²) in [6.45, 7) is 1.79. The summed E-state index contributed by atoms with van der Waals surface area (Å²) in [7, 11) is 0. The minimum absolute atomic E-state index is 0.323. The quantitative estimate of drug-likeness (QED) is 0.867. The molecule has 1 aliphatic rings. The number of aromatic nitrogens is 2. The second-order valence-corrected chi connectivity index (χ2v) is 4.60. The molecule has 0 unspecified atom stereocenters. The van der Waals surface area contributed by atoms with Gasteiger partial charge < -0.3 is 9.84 Å². The third-order valence-electron chi connectivity index (χ3n) is 3.04. The Kier molecular flexibility index (Phi) is 2.91. The maximum absolute atomic E-state index is 11.8. The summed E-state index contributed by atoms with van der Waals surface area (Å²) >= 11 is 0. The van der Waals surface area contributed by atoms with E-state index in [2.05, 4.69) is 20.8 Å². The molecule has 6 heteroatoms. The molecular weight excluding hydrogens is 244 g/mol. The van der Waals surface area contributed by atoms with E-state index in [1.165, 1.54) is 5.56 Å². The summed E-state index contributed by atoms with van der Waals surface area (Å²) in [5.74, 6) is 0.323. The van der Waals surface area contributed by atoms with Crippen LogP contribution in [0.2, 0.25) is 0 Å². The highest BCUT2D eigenvalue weighted by atomic mass is 16.5. The number of nitrogens with zero attached hydrogens (tertiary/aromatic N) is 2. The van der Waals surface area contributed by atoms with Crippen LogP contribution in [0.1, 0.15) is 23.4 Å². The van der Waals surface area contributed by atoms with Crippen molar-refractivity contribution in [2.75, 3.05) is 10.6 Å². The van der Waals surface area contributed by atoms with Crippen LogP contribution in [0, 0.1) is 6.92 Å². The number of carbonyl (C=O) groups is 1. The number of nitrogens with one attached hydrogen (secondary N) is 2. The minimum Gasteiger partial charge on any atom is -0.338 e. The van der Waals surface area contributed by atoms with Gasteiger partial charge in [-0.15, -0.1) is 0 Å². The lowest BCUT2D eigenvalue weighted by atomic mass is 10.2. The summed E-state index contributed by atoms with van der Waals surface area (Å²) in [6.07, 6.45) is 4.87. The lowest BCUT2D eigenvalue weighted by Crippen LogP contribution is -2.19. The highest BCUT2D eigenvalue weighted by Gasteiger charge is 2.13. The van der Waals surface area contributed by atoms with Crippen LogP contribution in [0.3, 0.4) is 0 Å². The fourth-order valence-corrected chi connectivity index (χ4v) is 2.19. The SMILES string of the molecule is Cc1cc(NC(=O)Nc2cnc3c(c2)CCC3)on1. The normalized spacial score (nSPS) is 13.1. The Bertz CT molecular complexity index is 621. The van der Waals surface area contributed by atoms with Crippen LogP contribution in [0.4, 0.5) is 16.4 Å². The van der Waals surface area contributed by atoms with Gasteiger partial charge in [-0.25, -0.2) is 4.79 Å². The highest BCUT2D eigenvalue weighted by molar-refractivity contribution is 5.98. The summed E-state index contributed by atoms with van der Waals surface area (Å²) in [6, 6.07) is 3.26. The Morgan fingerprint density at radius 2 is 2.21 bits per heavy atom. The van der Waals surface area contributed by atoms with Crippen molar-refractivity contribution in [3.63, 3.8) is 0 Å². The molecule has 0 bridgehead atoms. The van der Waals surface area contributed by atoms with Gasteiger partial charge in [0.05, 0.1) is 17.6 Å². The molecule has 98 valence electrons. The Labute approximate surface area is 110 Å². The molecule has 19 heavy (non-hydrogen) atoms. The average molecular weight is 258 g/mol. The lowest BCUT2D eigenvalue weighted by molar-refractivity contribution is 0.261. The summed E-state index contributed by atoms with van der Waals surface area (Å²) in [5, 5.41) is 9.00. The molecule has 2 amide bonds. The van der Waals surface area contributed by atoms with Crippen molar-refractivity contribution in [3.8, 4) is 0 Å². The largest absolute Gasteiger partial charge is 0.338 e. The monoisotopic (exact) mass is 258 g/mol. The fourth-order valence-electron chi connectivity index (χ4n) is 2.19. The summed E-state index contributed by atoms with van der Waals surface area (Å²) in [5.41, 5.74) is 3.76. The molecule has 6 nitrogen and oxygen atoms in total. The van der Waals surface area contributed by atoms with Gasteiger partial charge in [0.2, 0.25) is 5.88 Å². The molecule has 2 heterocycles. The maximum Gasteiger partial charge on any atom is 0.326 e. The van der Waals surface area contributed by atoms with E-state index in [0.717, 1.165) is 30.7 Å². The van der Waals surface area contributed by atoms with Gasteiger partial charge in [0.25, 0.3) is 0 Å². The van der Waals surface area contributed by atoms with Gasteiger partial charge in [-0.2, -0.15) is 0 Å². The van der Waals surface area contributed by atoms with Crippen LogP contribution >= 0.6 is 0 Å². The maximum atomic E-state index is 11.8. The summed E-state index contributed by atoms with van der Waals surface area (Å²) < 4.78 is 4.91. The van der Waals surface area contributed by atoms with Crippen molar-refractivity contribution in [1.29, 1.82) is 0 Å². The second kappa shape index (κ2) is 4.72. The Morgan fingerprint density at radius 3 is 3.00 bits per heavy atom. The van der Waals surface area contributed by atoms with Crippen LogP contribution in [0.15, 0.2) is 22.9 Å². The highest BCUT2D eigenvalue weighted by Crippen LogP contribution is 2.22. The van der Waals surface area contributed by atoms with E-state index >= 15 is 0 Å². The first-order valence-electron chi connectivity index (χ1n) is 6.20. The molecule has 1 aliphatic carbocycles. The van der Waals surface area contributed by atoms with Crippen molar-refractivity contribution < 1.29 is 9.32 Å². The lowest BCUT2D eigenvalue weighted by Gasteiger charge is -2.06. The number of carbonyl (C=O) groups excluding carboxylic acids is 1. The molecule has 2 N–H and O–H groups in total. The number of urea groups is 1. The van der Waals surface area contributed by atoms with E-state index in [1.54, 1.807) is 19.2 Å². The van der Waals surface area contributed by atoms with Crippen molar-refractivity contribution >= 4 is 17.6 Å². The Hall–Kier alpha value is -2.37. The number of rotatable bonds is 2. The number of pyridine rings is 1. The van der Waals surface area contributed by atoms with E-state index in [4.69, 9.17) is 4.52 Å². The second-order valence-electron chi connectivity index (χ2n) is 4.60. The predicted molar refractivity (Wildman–Crippen MR) is 70.1 cm³/mol. The molecule has 0 atom stereocenters. The molecule has 3 rings (SSSR count). The number of fused-ring (bicyclic) bond motifs is 1. The molecule has 2 aromatic rings. The topological polar surface area (TPSA) is 80.0 Å². The minimum atomic E-state index is -0.365. The standard InChI is InChI=1S/C13H14N4O2/c1-8-5-12(19-17-8)16-13(18)15-10-6-9-3-2-4-11(9)14-7-10/h5-7H,2-4H2,1H3,(H2,15,16,18). The third kappa shape index (κ3) is 2.57. The number of anilines is 2. The molecule has 0 radical (unpaired) electrons. The molecule has 0 aliphatic heterocycles. The van der Waals surface area contributed by atoms with Gasteiger partial charge in [-0.3, -0.25) is 10.3 Å². The molecule has 0 fully saturated rings. The zero-order valence-corrected chi connectivity index (χ0v) is 10.6. The molecule has 0 spiro atoms. The first-order valence-corrected chi connectivity index (χ1v) is 6.20. The van der Waals surface area contributed by atoms with E-state index in [-0.39, 0.29) is 6.03 Å². The van der Waals surface area contributed by atoms with Crippen LogP contribution < -0.4 is 10.6 Å². The van der Waals surface area contributed by atoms with Gasteiger partial charge in [0, 0.05) is 11.8 Å². The van der Waals surface area contributed by atoms with E-state index in [0.29, 0.717) is 11.6 Å². The molecular formula is C13H14N4O2. The van der Waals surface area contributed by atoms with Gasteiger partial charge in [-0.1, -0.05) is 5.16 Å². The van der Waals surface area contributed by atoms with E-state index < -0.39 is 0 Å². The van der Waals surface area contributed by atoms with Crippen LogP contribution in [-0.2, 0) is 12.8 Å². The van der Waals surface area contributed by atoms with Gasteiger partial charge in [0.15, 0.2) is 0 Å². The molecule has 0 saturated heterocycles. The number of amides is 2. The number of aryl methyl sites for hydroxylation is 3. The van der Waals surface area contributed by atoms with Crippen LogP contribution in [0.25, 0.3) is 0 Å². The molecule has 0 aromatic carbocycles. The first kappa shape index (κ1) is 11.7. The Morgan fingerprint density at radius 1 is 1.32 bits per heavy atom.